The fourth-order valence-electron chi connectivity index (χ4n) is 1.49. The normalized spacial score (nSPS) is 37.0. The molecule has 1 unspecified atom stereocenters. The first-order valence-corrected chi connectivity index (χ1v) is 4.71. The summed E-state index contributed by atoms with van der Waals surface area (Å²) in [5.74, 6) is -1.65. The Morgan fingerprint density at radius 2 is 2.21 bits per heavy atom. The molecule has 1 aliphatic rings. The summed E-state index contributed by atoms with van der Waals surface area (Å²) in [5, 5.41) is 9.30. The molecule has 1 amide bonds. The van der Waals surface area contributed by atoms with E-state index in [1.165, 1.54) is 13.8 Å². The molecule has 0 saturated carbocycles. The van der Waals surface area contributed by atoms with Gasteiger partial charge >= 0.3 is 5.97 Å². The van der Waals surface area contributed by atoms with Crippen molar-refractivity contribution < 1.29 is 22.9 Å². The van der Waals surface area contributed by atoms with Gasteiger partial charge in [0.25, 0.3) is 0 Å². The van der Waals surface area contributed by atoms with Crippen LogP contribution in [0.25, 0.3) is 0 Å². The number of rotatable bonds is 2. The lowest BCUT2D eigenvalue weighted by Crippen LogP contribution is -2.49. The summed E-state index contributed by atoms with van der Waals surface area (Å²) in [6.45, 7) is -3.33. The van der Waals surface area contributed by atoms with Gasteiger partial charge in [-0.15, -0.1) is 11.8 Å². The largest absolute Gasteiger partial charge is 0.480 e. The monoisotopic (exact) mass is 223 g/mol. The number of thioether (sulfide) groups is 1. The molecule has 0 bridgehead atoms. The summed E-state index contributed by atoms with van der Waals surface area (Å²) in [4.78, 5) is 22.1. The van der Waals surface area contributed by atoms with Crippen LogP contribution >= 0.6 is 11.8 Å². The second-order valence-corrected chi connectivity index (χ2v) is 5.39. The summed E-state index contributed by atoms with van der Waals surface area (Å²) in [6, 6.07) is -1.96. The number of carbonyl (C=O) groups excluding carboxylic acids is 1. The van der Waals surface area contributed by atoms with E-state index < -0.39 is 35.3 Å². The lowest BCUT2D eigenvalue weighted by atomic mass is 10.0. The van der Waals surface area contributed by atoms with Gasteiger partial charge in [0, 0.05) is 13.0 Å². The van der Waals surface area contributed by atoms with Gasteiger partial charge in [-0.2, -0.15) is 0 Å². The van der Waals surface area contributed by atoms with Crippen molar-refractivity contribution >= 4 is 24.1 Å². The lowest BCUT2D eigenvalue weighted by Gasteiger charge is -2.29. The van der Waals surface area contributed by atoms with E-state index in [1.54, 1.807) is 0 Å². The molecule has 1 rings (SSSR count). The van der Waals surface area contributed by atoms with Gasteiger partial charge in [0.15, 0.2) is 0 Å². The van der Waals surface area contributed by atoms with Gasteiger partial charge < -0.3 is 10.0 Å². The van der Waals surface area contributed by atoms with E-state index in [0.717, 1.165) is 4.90 Å². The highest BCUT2D eigenvalue weighted by Crippen LogP contribution is 2.49. The van der Waals surface area contributed by atoms with Crippen molar-refractivity contribution in [2.45, 2.75) is 43.2 Å². The smallest absolute Gasteiger partial charge is 0.327 e. The molecule has 1 N–H and O–H groups in total. The zero-order valence-corrected chi connectivity index (χ0v) is 8.59. The second-order valence-electron chi connectivity index (χ2n) is 3.54. The molecule has 0 aromatic carbocycles. The first kappa shape index (κ1) is 5.39. The molecule has 4 nitrogen and oxygen atoms in total. The minimum absolute atomic E-state index is 0.186. The van der Waals surface area contributed by atoms with Crippen molar-refractivity contribution in [3.8, 4) is 0 Å². The Morgan fingerprint density at radius 3 is 2.57 bits per heavy atom. The van der Waals surface area contributed by atoms with Gasteiger partial charge in [-0.25, -0.2) is 4.79 Å². The van der Waals surface area contributed by atoms with Crippen LogP contribution in [0.15, 0.2) is 0 Å². The van der Waals surface area contributed by atoms with Crippen LogP contribution in [0, 0.1) is 0 Å². The van der Waals surface area contributed by atoms with Crippen LogP contribution in [-0.4, -0.2) is 38.0 Å². The third-order valence-corrected chi connectivity index (χ3v) is 3.30. The van der Waals surface area contributed by atoms with E-state index >= 15 is 0 Å². The first-order chi connectivity index (χ1) is 8.72. The zero-order valence-electron chi connectivity index (χ0n) is 13.8. The molecule has 0 aromatic rings. The summed E-state index contributed by atoms with van der Waals surface area (Å²) in [5.41, 5.74) is 0. The van der Waals surface area contributed by atoms with E-state index in [-0.39, 0.29) is 6.41 Å². The third-order valence-electron chi connectivity index (χ3n) is 2.04. The van der Waals surface area contributed by atoms with Crippen LogP contribution in [-0.2, 0) is 9.59 Å². The van der Waals surface area contributed by atoms with Gasteiger partial charge in [0.1, 0.15) is 6.04 Å². The highest BCUT2D eigenvalue weighted by Gasteiger charge is 2.54. The molecule has 0 aliphatic carbocycles. The fraction of sp³-hybridized carbons (Fsp3) is 0.778. The molecule has 0 spiro atoms. The SMILES string of the molecule is [2H]C([2H])([2H])C1(C([2H])([2H])[2H])SC(C)(C)N(C=O)C1C(=O)O. The van der Waals surface area contributed by atoms with Gasteiger partial charge in [0.2, 0.25) is 6.41 Å². The lowest BCUT2D eigenvalue weighted by molar-refractivity contribution is -0.148. The quantitative estimate of drug-likeness (QED) is 0.714. The summed E-state index contributed by atoms with van der Waals surface area (Å²) < 4.78 is 42.7. The molecular formula is C9H15NO3S. The van der Waals surface area contributed by atoms with Crippen LogP contribution in [0.5, 0.6) is 0 Å². The molecule has 80 valence electrons. The average Bonchev–Trinajstić information content (AvgIpc) is 2.44. The van der Waals surface area contributed by atoms with Crippen LogP contribution in [0.4, 0.5) is 0 Å². The zero-order chi connectivity index (χ0) is 16.1. The minimum Gasteiger partial charge on any atom is -0.480 e. The Morgan fingerprint density at radius 1 is 1.64 bits per heavy atom. The van der Waals surface area contributed by atoms with Crippen molar-refractivity contribution in [3.05, 3.63) is 0 Å². The Kier molecular flexibility index (Phi) is 1.21. The molecule has 14 heavy (non-hydrogen) atoms. The number of nitrogens with zero attached hydrogens (tertiary/aromatic N) is 1. The van der Waals surface area contributed by atoms with Gasteiger partial charge in [-0.1, -0.05) is 0 Å². The molecule has 5 heteroatoms. The van der Waals surface area contributed by atoms with E-state index in [0.29, 0.717) is 11.8 Å². The molecular weight excluding hydrogens is 202 g/mol. The number of carboxylic acids is 1. The van der Waals surface area contributed by atoms with Crippen LogP contribution in [0.2, 0.25) is 0 Å². The van der Waals surface area contributed by atoms with Crippen molar-refractivity contribution in [1.29, 1.82) is 0 Å². The van der Waals surface area contributed by atoms with Gasteiger partial charge in [-0.3, -0.25) is 4.79 Å². The highest BCUT2D eigenvalue weighted by molar-refractivity contribution is 8.02. The Hall–Kier alpha value is -0.710. The molecule has 0 aromatic heterocycles. The third kappa shape index (κ3) is 1.61. The minimum atomic E-state index is -3.08. The average molecular weight is 223 g/mol. The maximum absolute atomic E-state index is 11.5. The highest BCUT2D eigenvalue weighted by atomic mass is 32.2. The number of carboxylic acid groups (broad SMARTS) is 1. The summed E-state index contributed by atoms with van der Waals surface area (Å²) in [7, 11) is 0. The molecule has 0 radical (unpaired) electrons. The molecule has 1 atom stereocenters. The van der Waals surface area contributed by atoms with Crippen molar-refractivity contribution in [2.75, 3.05) is 0 Å². The predicted octanol–water partition coefficient (Wildman–Crippen LogP) is 1.16. The molecule has 1 saturated heterocycles. The first-order valence-electron chi connectivity index (χ1n) is 6.89. The van der Waals surface area contributed by atoms with E-state index in [4.69, 9.17) is 8.22 Å². The maximum atomic E-state index is 11.5. The van der Waals surface area contributed by atoms with Crippen LogP contribution in [0.1, 0.15) is 35.8 Å². The van der Waals surface area contributed by atoms with Gasteiger partial charge in [-0.05, 0) is 27.6 Å². The molecule has 1 fully saturated rings. The number of hydrogen-bond acceptors (Lipinski definition) is 3. The van der Waals surface area contributed by atoms with Crippen LogP contribution in [0.3, 0.4) is 0 Å². The maximum Gasteiger partial charge on any atom is 0.327 e. The summed E-state index contributed by atoms with van der Waals surface area (Å²) in [6.07, 6.45) is 0.186. The van der Waals surface area contributed by atoms with E-state index in [1.807, 2.05) is 0 Å². The Bertz CT molecular complexity index is 418. The van der Waals surface area contributed by atoms with Crippen molar-refractivity contribution in [3.63, 3.8) is 0 Å². The standard InChI is InChI=1S/C9H15NO3S/c1-8(2)6(7(12)13)10(5-11)9(3,4)14-8/h5-6H,1-4H3,(H,12,13)/i1D3,2D3. The van der Waals surface area contributed by atoms with E-state index in [9.17, 15) is 14.7 Å². The number of carbonyl (C=O) groups is 2. The summed E-state index contributed by atoms with van der Waals surface area (Å²) >= 11 is 0.487. The van der Waals surface area contributed by atoms with Crippen molar-refractivity contribution in [1.82, 2.24) is 4.90 Å². The predicted molar refractivity (Wildman–Crippen MR) is 55.1 cm³/mol. The molecule has 1 heterocycles. The van der Waals surface area contributed by atoms with Crippen LogP contribution < -0.4 is 0 Å². The Labute approximate surface area is 96.1 Å². The van der Waals surface area contributed by atoms with Gasteiger partial charge in [0.05, 0.1) is 4.87 Å². The number of aliphatic carboxylic acids is 1. The van der Waals surface area contributed by atoms with E-state index in [2.05, 4.69) is 0 Å². The fourth-order valence-corrected chi connectivity index (χ4v) is 2.86. The second kappa shape index (κ2) is 3.15. The van der Waals surface area contributed by atoms with Crippen molar-refractivity contribution in [2.24, 2.45) is 0 Å². The molecule has 1 aliphatic heterocycles. The number of amides is 1. The Balaban J connectivity index is 3.67. The topological polar surface area (TPSA) is 57.6 Å². The number of hydrogen-bond donors (Lipinski definition) is 1.